The molecule has 0 bridgehead atoms. The molecule has 0 fully saturated rings. The van der Waals surface area contributed by atoms with Gasteiger partial charge in [-0.2, -0.15) is 0 Å². The second kappa shape index (κ2) is 6.75. The van der Waals surface area contributed by atoms with E-state index < -0.39 is 5.60 Å². The van der Waals surface area contributed by atoms with Gasteiger partial charge >= 0.3 is 6.03 Å². The lowest BCUT2D eigenvalue weighted by molar-refractivity contribution is 0.0501. The van der Waals surface area contributed by atoms with Crippen molar-refractivity contribution in [3.63, 3.8) is 0 Å². The molecule has 6 heteroatoms. The number of likely N-dealkylation sites (N-methyl/N-ethyl adjacent to an activating group) is 1. The number of carbonyl (C=O) groups excluding carboxylic acids is 1. The third-order valence-electron chi connectivity index (χ3n) is 2.72. The van der Waals surface area contributed by atoms with E-state index in [1.807, 2.05) is 12.3 Å². The van der Waals surface area contributed by atoms with Crippen LogP contribution in [0.2, 0.25) is 0 Å². The Labute approximate surface area is 131 Å². The van der Waals surface area contributed by atoms with Crippen LogP contribution in [0.3, 0.4) is 0 Å². The Morgan fingerprint density at radius 1 is 1.38 bits per heavy atom. The molecule has 0 aromatic carbocycles. The molecule has 5 nitrogen and oxygen atoms in total. The lowest BCUT2D eigenvalue weighted by atomic mass is 9.91. The van der Waals surface area contributed by atoms with Crippen molar-refractivity contribution >= 4 is 22.5 Å². The van der Waals surface area contributed by atoms with Crippen LogP contribution in [0, 0.1) is 5.41 Å². The van der Waals surface area contributed by atoms with Crippen LogP contribution >= 0.6 is 11.3 Å². The molecule has 0 radical (unpaired) electrons. The van der Waals surface area contributed by atoms with Gasteiger partial charge in [-0.05, 0) is 32.6 Å². The molecule has 0 saturated heterocycles. The zero-order chi connectivity index (χ0) is 16.3. The highest BCUT2D eigenvalue weighted by atomic mass is 32.1. The average molecular weight is 313 g/mol. The fraction of sp³-hybridized carbons (Fsp3) is 0.733. The molecule has 21 heavy (non-hydrogen) atoms. The topological polar surface area (TPSA) is 65.5 Å². The quantitative estimate of drug-likeness (QED) is 0.876. The number of amides is 2. The maximum atomic E-state index is 12.2. The standard InChI is InChI=1S/C15H27N3O2S/c1-7-18(10-15(5,6)20)13(19)17-12-16-11(9-21-12)8-14(2,3)4/h9,20H,7-8,10H2,1-6H3,(H,16,17,19). The Balaban J connectivity index is 2.66. The van der Waals surface area contributed by atoms with Gasteiger partial charge in [0.15, 0.2) is 5.13 Å². The van der Waals surface area contributed by atoms with Gasteiger partial charge in [0, 0.05) is 11.9 Å². The summed E-state index contributed by atoms with van der Waals surface area (Å²) in [6.45, 7) is 12.6. The van der Waals surface area contributed by atoms with E-state index in [0.717, 1.165) is 12.1 Å². The van der Waals surface area contributed by atoms with Crippen molar-refractivity contribution in [2.45, 2.75) is 53.6 Å². The van der Waals surface area contributed by atoms with Gasteiger partial charge in [0.25, 0.3) is 0 Å². The first kappa shape index (κ1) is 17.9. The number of aliphatic hydroxyl groups is 1. The van der Waals surface area contributed by atoms with Crippen LogP contribution < -0.4 is 5.32 Å². The Hall–Kier alpha value is -1.14. The van der Waals surface area contributed by atoms with Crippen molar-refractivity contribution in [1.82, 2.24) is 9.88 Å². The normalized spacial score (nSPS) is 12.3. The highest BCUT2D eigenvalue weighted by molar-refractivity contribution is 7.13. The van der Waals surface area contributed by atoms with Gasteiger partial charge in [0.2, 0.25) is 0 Å². The number of nitrogens with zero attached hydrogens (tertiary/aromatic N) is 2. The molecule has 0 aliphatic heterocycles. The van der Waals surface area contributed by atoms with Crippen molar-refractivity contribution in [2.24, 2.45) is 5.41 Å². The highest BCUT2D eigenvalue weighted by Gasteiger charge is 2.22. The Morgan fingerprint density at radius 2 is 2.00 bits per heavy atom. The molecule has 0 aliphatic rings. The van der Waals surface area contributed by atoms with Crippen LogP contribution in [0.5, 0.6) is 0 Å². The predicted octanol–water partition coefficient (Wildman–Crippen LogP) is 3.36. The van der Waals surface area contributed by atoms with Gasteiger partial charge < -0.3 is 10.0 Å². The van der Waals surface area contributed by atoms with E-state index >= 15 is 0 Å². The molecule has 1 aromatic heterocycles. The number of aromatic nitrogens is 1. The summed E-state index contributed by atoms with van der Waals surface area (Å²) in [6.07, 6.45) is 0.876. The lowest BCUT2D eigenvalue weighted by Gasteiger charge is -2.27. The fourth-order valence-electron chi connectivity index (χ4n) is 1.95. The fourth-order valence-corrected chi connectivity index (χ4v) is 2.65. The second-order valence-electron chi connectivity index (χ2n) is 7.14. The molecule has 0 unspecified atom stereocenters. The van der Waals surface area contributed by atoms with Gasteiger partial charge in [-0.25, -0.2) is 9.78 Å². The first-order valence-electron chi connectivity index (χ1n) is 7.23. The Bertz CT molecular complexity index is 472. The van der Waals surface area contributed by atoms with Gasteiger partial charge in [0.05, 0.1) is 17.8 Å². The SMILES string of the molecule is CCN(CC(C)(C)O)C(=O)Nc1nc(CC(C)(C)C)cs1. The van der Waals surface area contributed by atoms with Crippen molar-refractivity contribution in [2.75, 3.05) is 18.4 Å². The summed E-state index contributed by atoms with van der Waals surface area (Å²) >= 11 is 1.43. The monoisotopic (exact) mass is 313 g/mol. The van der Waals surface area contributed by atoms with Crippen LogP contribution in [0.1, 0.15) is 47.2 Å². The van der Waals surface area contributed by atoms with Gasteiger partial charge in [0.1, 0.15) is 0 Å². The summed E-state index contributed by atoms with van der Waals surface area (Å²) in [5.41, 5.74) is 0.257. The predicted molar refractivity (Wildman–Crippen MR) is 87.8 cm³/mol. The van der Waals surface area contributed by atoms with Gasteiger partial charge in [-0.1, -0.05) is 20.8 Å². The highest BCUT2D eigenvalue weighted by Crippen LogP contribution is 2.24. The van der Waals surface area contributed by atoms with E-state index in [9.17, 15) is 9.90 Å². The summed E-state index contributed by atoms with van der Waals surface area (Å²) in [5, 5.41) is 15.2. The van der Waals surface area contributed by atoms with Crippen molar-refractivity contribution in [3.8, 4) is 0 Å². The van der Waals surface area contributed by atoms with E-state index in [4.69, 9.17) is 0 Å². The molecule has 2 amide bonds. The van der Waals surface area contributed by atoms with E-state index in [1.165, 1.54) is 11.3 Å². The summed E-state index contributed by atoms with van der Waals surface area (Å²) in [4.78, 5) is 18.2. The number of nitrogens with one attached hydrogen (secondary N) is 1. The molecule has 2 N–H and O–H groups in total. The first-order valence-corrected chi connectivity index (χ1v) is 8.11. The summed E-state index contributed by atoms with van der Waals surface area (Å²) in [6, 6.07) is -0.226. The zero-order valence-electron chi connectivity index (χ0n) is 13.9. The number of urea groups is 1. The smallest absolute Gasteiger partial charge is 0.323 e. The summed E-state index contributed by atoms with van der Waals surface area (Å²) in [7, 11) is 0. The molecule has 0 spiro atoms. The van der Waals surface area contributed by atoms with Gasteiger partial charge in [-0.3, -0.25) is 5.32 Å². The molecular formula is C15H27N3O2S. The minimum atomic E-state index is -0.909. The third kappa shape index (κ3) is 6.91. The van der Waals surface area contributed by atoms with E-state index in [0.29, 0.717) is 11.7 Å². The number of carbonyl (C=O) groups is 1. The molecule has 1 heterocycles. The van der Waals surface area contributed by atoms with Crippen LogP contribution in [-0.2, 0) is 6.42 Å². The molecule has 1 aromatic rings. The third-order valence-corrected chi connectivity index (χ3v) is 3.53. The average Bonchev–Trinajstić information content (AvgIpc) is 2.69. The lowest BCUT2D eigenvalue weighted by Crippen LogP contribution is -2.44. The number of hydrogen-bond acceptors (Lipinski definition) is 4. The van der Waals surface area contributed by atoms with Crippen LogP contribution in [-0.4, -0.2) is 39.7 Å². The van der Waals surface area contributed by atoms with E-state index in [-0.39, 0.29) is 18.0 Å². The first-order chi connectivity index (χ1) is 9.50. The molecule has 0 saturated carbocycles. The number of thiazole rings is 1. The Morgan fingerprint density at radius 3 is 2.48 bits per heavy atom. The largest absolute Gasteiger partial charge is 0.389 e. The second-order valence-corrected chi connectivity index (χ2v) is 8.00. The van der Waals surface area contributed by atoms with E-state index in [1.54, 1.807) is 18.7 Å². The minimum Gasteiger partial charge on any atom is -0.389 e. The van der Waals surface area contributed by atoms with Crippen LogP contribution in [0.4, 0.5) is 9.93 Å². The molecule has 120 valence electrons. The molecule has 0 atom stereocenters. The zero-order valence-corrected chi connectivity index (χ0v) is 14.7. The minimum absolute atomic E-state index is 0.172. The molecule has 0 aliphatic carbocycles. The molecular weight excluding hydrogens is 286 g/mol. The maximum Gasteiger partial charge on any atom is 0.323 e. The van der Waals surface area contributed by atoms with Crippen molar-refractivity contribution in [3.05, 3.63) is 11.1 Å². The van der Waals surface area contributed by atoms with Crippen LogP contribution in [0.25, 0.3) is 0 Å². The van der Waals surface area contributed by atoms with Crippen molar-refractivity contribution < 1.29 is 9.90 Å². The summed E-state index contributed by atoms with van der Waals surface area (Å²) in [5.74, 6) is 0. The Kier molecular flexibility index (Phi) is 5.75. The number of rotatable bonds is 5. The van der Waals surface area contributed by atoms with Gasteiger partial charge in [-0.15, -0.1) is 11.3 Å². The maximum absolute atomic E-state index is 12.2. The molecule has 1 rings (SSSR count). The summed E-state index contributed by atoms with van der Waals surface area (Å²) < 4.78 is 0. The van der Waals surface area contributed by atoms with Crippen molar-refractivity contribution in [1.29, 1.82) is 0 Å². The number of hydrogen-bond donors (Lipinski definition) is 2. The van der Waals surface area contributed by atoms with Crippen LogP contribution in [0.15, 0.2) is 5.38 Å². The van der Waals surface area contributed by atoms with E-state index in [2.05, 4.69) is 31.1 Å². The number of anilines is 1.